The summed E-state index contributed by atoms with van der Waals surface area (Å²) in [5, 5.41) is 10.3. The largest absolute Gasteiger partial charge is 0.504 e. The number of aromatic nitrogens is 1. The van der Waals surface area contributed by atoms with Crippen molar-refractivity contribution in [1.82, 2.24) is 4.57 Å². The molecule has 0 bridgehead atoms. The van der Waals surface area contributed by atoms with Crippen LogP contribution in [-0.2, 0) is 9.53 Å². The van der Waals surface area contributed by atoms with Crippen molar-refractivity contribution in [2.45, 2.75) is 26.8 Å². The van der Waals surface area contributed by atoms with E-state index in [1.54, 1.807) is 57.4 Å². The maximum absolute atomic E-state index is 13.9. The van der Waals surface area contributed by atoms with E-state index in [2.05, 4.69) is 4.99 Å². The standard InChI is InChI=1S/C27H27IN2O7S/c1-6-36-20-11-15(10-18(28)24(20)31)12-21-25(32)30-23(17-9-8-16(34-4)13-19(17)35-5)22(26(33)37-7-2)14(3)29-27(30)38-21/h8-13,23,31H,6-7H2,1-5H3/b21-12-/t23-/m1/s1. The number of carbonyl (C=O) groups excluding carboxylic acids is 1. The molecular formula is C27H27IN2O7S. The summed E-state index contributed by atoms with van der Waals surface area (Å²) in [6.45, 7) is 5.83. The number of allylic oxidation sites excluding steroid dienone is 1. The predicted molar refractivity (Wildman–Crippen MR) is 152 cm³/mol. The van der Waals surface area contributed by atoms with Crippen molar-refractivity contribution in [3.63, 3.8) is 0 Å². The highest BCUT2D eigenvalue weighted by Crippen LogP contribution is 2.38. The third-order valence-corrected chi connectivity index (χ3v) is 7.71. The van der Waals surface area contributed by atoms with E-state index < -0.39 is 12.0 Å². The average Bonchev–Trinajstić information content (AvgIpc) is 3.20. The molecule has 2 heterocycles. The summed E-state index contributed by atoms with van der Waals surface area (Å²) in [5.74, 6) is 0.853. The minimum Gasteiger partial charge on any atom is -0.504 e. The maximum Gasteiger partial charge on any atom is 0.338 e. The Bertz CT molecular complexity index is 1610. The third-order valence-electron chi connectivity index (χ3n) is 5.90. The van der Waals surface area contributed by atoms with Crippen molar-refractivity contribution in [3.05, 3.63) is 76.0 Å². The summed E-state index contributed by atoms with van der Waals surface area (Å²) >= 11 is 3.22. The fraction of sp³-hybridized carbons (Fsp3) is 0.296. The van der Waals surface area contributed by atoms with E-state index in [0.29, 0.717) is 53.6 Å². The smallest absolute Gasteiger partial charge is 0.338 e. The molecule has 1 aromatic heterocycles. The lowest BCUT2D eigenvalue weighted by molar-refractivity contribution is -0.139. The van der Waals surface area contributed by atoms with Gasteiger partial charge in [-0.2, -0.15) is 0 Å². The van der Waals surface area contributed by atoms with Gasteiger partial charge < -0.3 is 24.1 Å². The summed E-state index contributed by atoms with van der Waals surface area (Å²) in [6.07, 6.45) is 1.72. The lowest BCUT2D eigenvalue weighted by Gasteiger charge is -2.26. The van der Waals surface area contributed by atoms with Gasteiger partial charge in [-0.1, -0.05) is 11.3 Å². The first-order chi connectivity index (χ1) is 18.2. The molecule has 1 N–H and O–H groups in total. The van der Waals surface area contributed by atoms with Gasteiger partial charge in [0.2, 0.25) is 0 Å². The topological polar surface area (TPSA) is 109 Å². The van der Waals surface area contributed by atoms with Gasteiger partial charge in [-0.05, 0) is 79.3 Å². The van der Waals surface area contributed by atoms with Crippen LogP contribution in [0.4, 0.5) is 0 Å². The second kappa shape index (κ2) is 11.6. The van der Waals surface area contributed by atoms with Crippen molar-refractivity contribution >= 4 is 46.0 Å². The molecule has 1 aliphatic rings. The van der Waals surface area contributed by atoms with Crippen molar-refractivity contribution in [2.75, 3.05) is 27.4 Å². The van der Waals surface area contributed by atoms with Crippen LogP contribution in [0.15, 0.2) is 51.4 Å². The van der Waals surface area contributed by atoms with Crippen molar-refractivity contribution in [3.8, 4) is 23.0 Å². The number of aromatic hydroxyl groups is 1. The second-order valence-electron chi connectivity index (χ2n) is 8.19. The Kier molecular flexibility index (Phi) is 8.46. The molecule has 4 rings (SSSR count). The van der Waals surface area contributed by atoms with Gasteiger partial charge >= 0.3 is 5.97 Å². The zero-order valence-electron chi connectivity index (χ0n) is 21.5. The van der Waals surface area contributed by atoms with Gasteiger partial charge in [-0.15, -0.1) is 0 Å². The molecule has 0 amide bonds. The van der Waals surface area contributed by atoms with Gasteiger partial charge in [0.1, 0.15) is 17.5 Å². The normalized spacial score (nSPS) is 15.1. The lowest BCUT2D eigenvalue weighted by atomic mass is 9.95. The summed E-state index contributed by atoms with van der Waals surface area (Å²) in [7, 11) is 3.07. The Hall–Kier alpha value is -3.32. The molecule has 0 spiro atoms. The lowest BCUT2D eigenvalue weighted by Crippen LogP contribution is -2.40. The van der Waals surface area contributed by atoms with Crippen LogP contribution in [0.25, 0.3) is 6.08 Å². The van der Waals surface area contributed by atoms with Gasteiger partial charge in [0, 0.05) is 11.6 Å². The monoisotopic (exact) mass is 650 g/mol. The van der Waals surface area contributed by atoms with Crippen LogP contribution in [0.1, 0.15) is 37.9 Å². The van der Waals surface area contributed by atoms with Gasteiger partial charge in [0.25, 0.3) is 5.56 Å². The molecule has 1 aliphatic heterocycles. The fourth-order valence-electron chi connectivity index (χ4n) is 4.22. The zero-order chi connectivity index (χ0) is 27.6. The summed E-state index contributed by atoms with van der Waals surface area (Å²) in [6, 6.07) is 7.84. The highest BCUT2D eigenvalue weighted by Gasteiger charge is 2.35. The first-order valence-corrected chi connectivity index (χ1v) is 13.7. The average molecular weight is 650 g/mol. The van der Waals surface area contributed by atoms with E-state index in [-0.39, 0.29) is 23.5 Å². The molecule has 38 heavy (non-hydrogen) atoms. The number of nitrogens with zero attached hydrogens (tertiary/aromatic N) is 2. The summed E-state index contributed by atoms with van der Waals surface area (Å²) in [4.78, 5) is 32.1. The highest BCUT2D eigenvalue weighted by atomic mass is 127. The number of ether oxygens (including phenoxy) is 4. The van der Waals surface area contributed by atoms with Crippen molar-refractivity contribution < 1.29 is 28.8 Å². The number of phenols is 1. The highest BCUT2D eigenvalue weighted by molar-refractivity contribution is 14.1. The summed E-state index contributed by atoms with van der Waals surface area (Å²) < 4.78 is 24.4. The molecule has 0 saturated carbocycles. The number of phenolic OH excluding ortho intramolecular Hbond substituents is 1. The molecule has 0 radical (unpaired) electrons. The Morgan fingerprint density at radius 2 is 1.92 bits per heavy atom. The van der Waals surface area contributed by atoms with Crippen molar-refractivity contribution in [1.29, 1.82) is 0 Å². The molecule has 200 valence electrons. The van der Waals surface area contributed by atoms with E-state index in [0.717, 1.165) is 0 Å². The predicted octanol–water partition coefficient (Wildman–Crippen LogP) is 3.52. The van der Waals surface area contributed by atoms with Crippen LogP contribution in [-0.4, -0.2) is 43.1 Å². The van der Waals surface area contributed by atoms with Crippen LogP contribution in [0.3, 0.4) is 0 Å². The van der Waals surface area contributed by atoms with Crippen LogP contribution in [0, 0.1) is 3.57 Å². The van der Waals surface area contributed by atoms with Crippen LogP contribution in [0.2, 0.25) is 0 Å². The van der Waals surface area contributed by atoms with E-state index in [1.165, 1.54) is 23.0 Å². The molecule has 0 aliphatic carbocycles. The number of methoxy groups -OCH3 is 2. The Balaban J connectivity index is 1.98. The molecule has 11 heteroatoms. The number of carbonyl (C=O) groups is 1. The number of halogens is 1. The molecule has 0 saturated heterocycles. The van der Waals surface area contributed by atoms with Gasteiger partial charge in [-0.3, -0.25) is 9.36 Å². The number of benzene rings is 2. The van der Waals surface area contributed by atoms with E-state index in [9.17, 15) is 14.7 Å². The molecule has 2 aromatic carbocycles. The summed E-state index contributed by atoms with van der Waals surface area (Å²) in [5.41, 5.74) is 1.66. The van der Waals surface area contributed by atoms with Crippen LogP contribution < -0.4 is 29.1 Å². The SMILES string of the molecule is CCOC(=O)C1=C(C)N=c2s/c(=C\c3cc(I)c(O)c(OCC)c3)c(=O)n2[C@@H]1c1ccc(OC)cc1OC. The zero-order valence-corrected chi connectivity index (χ0v) is 24.5. The number of hydrogen-bond donors (Lipinski definition) is 1. The number of rotatable bonds is 8. The third kappa shape index (κ3) is 5.17. The van der Waals surface area contributed by atoms with Crippen molar-refractivity contribution in [2.24, 2.45) is 4.99 Å². The number of thiazole rings is 1. The van der Waals surface area contributed by atoms with Crippen LogP contribution >= 0.6 is 33.9 Å². The Labute approximate surface area is 236 Å². The first kappa shape index (κ1) is 27.7. The quantitative estimate of drug-likeness (QED) is 0.294. The Morgan fingerprint density at radius 1 is 1.16 bits per heavy atom. The number of esters is 1. The number of hydrogen-bond acceptors (Lipinski definition) is 9. The van der Waals surface area contributed by atoms with E-state index in [1.807, 2.05) is 29.5 Å². The molecular weight excluding hydrogens is 623 g/mol. The van der Waals surface area contributed by atoms with Crippen LogP contribution in [0.5, 0.6) is 23.0 Å². The van der Waals surface area contributed by atoms with E-state index >= 15 is 0 Å². The minimum atomic E-state index is -0.827. The first-order valence-electron chi connectivity index (χ1n) is 11.8. The number of fused-ring (bicyclic) bond motifs is 1. The van der Waals surface area contributed by atoms with Gasteiger partial charge in [0.05, 0.1) is 46.8 Å². The maximum atomic E-state index is 13.9. The fourth-order valence-corrected chi connectivity index (χ4v) is 5.90. The minimum absolute atomic E-state index is 0.0485. The molecule has 0 unspecified atom stereocenters. The molecule has 1 atom stereocenters. The molecule has 0 fully saturated rings. The van der Waals surface area contributed by atoms with Gasteiger partial charge in [-0.25, -0.2) is 9.79 Å². The molecule has 3 aromatic rings. The van der Waals surface area contributed by atoms with Gasteiger partial charge in [0.15, 0.2) is 16.3 Å². The molecule has 9 nitrogen and oxygen atoms in total. The second-order valence-corrected chi connectivity index (χ2v) is 10.4. The Morgan fingerprint density at radius 3 is 2.58 bits per heavy atom. The van der Waals surface area contributed by atoms with E-state index in [4.69, 9.17) is 18.9 Å².